The van der Waals surface area contributed by atoms with Crippen LogP contribution in [-0.4, -0.2) is 69.9 Å². The number of nitrogens with one attached hydrogen (secondary N) is 1. The van der Waals surface area contributed by atoms with Crippen LogP contribution >= 0.6 is 0 Å². The Bertz CT molecular complexity index is 697. The summed E-state index contributed by atoms with van der Waals surface area (Å²) in [4.78, 5) is 9.37. The minimum absolute atomic E-state index is 0.163. The Hall–Kier alpha value is -1.95. The molecule has 27 heavy (non-hydrogen) atoms. The van der Waals surface area contributed by atoms with Crippen molar-refractivity contribution < 1.29 is 9.47 Å². The average molecular weight is 373 g/mol. The van der Waals surface area contributed by atoms with Gasteiger partial charge in [-0.05, 0) is 18.6 Å². The molecule has 0 radical (unpaired) electrons. The van der Waals surface area contributed by atoms with Gasteiger partial charge in [0.15, 0.2) is 5.96 Å². The summed E-state index contributed by atoms with van der Waals surface area (Å²) in [5, 5.41) is 3.76. The first-order chi connectivity index (χ1) is 13.1. The van der Waals surface area contributed by atoms with Gasteiger partial charge in [-0.2, -0.15) is 0 Å². The Labute approximate surface area is 162 Å². The third-order valence-corrected chi connectivity index (χ3v) is 6.60. The fourth-order valence-electron chi connectivity index (χ4n) is 5.10. The maximum Gasteiger partial charge on any atom is 0.194 e. The monoisotopic (exact) mass is 372 g/mol. The molecular weight excluding hydrogens is 340 g/mol. The van der Waals surface area contributed by atoms with Crippen molar-refractivity contribution in [3.63, 3.8) is 0 Å². The van der Waals surface area contributed by atoms with Crippen LogP contribution in [0.4, 0.5) is 5.69 Å². The van der Waals surface area contributed by atoms with Gasteiger partial charge >= 0.3 is 0 Å². The topological polar surface area (TPSA) is 49.3 Å². The van der Waals surface area contributed by atoms with Gasteiger partial charge in [-0.1, -0.05) is 26.0 Å². The van der Waals surface area contributed by atoms with E-state index in [-0.39, 0.29) is 5.41 Å². The molecule has 1 aliphatic carbocycles. The summed E-state index contributed by atoms with van der Waals surface area (Å²) in [6, 6.07) is 8.70. The quantitative estimate of drug-likeness (QED) is 0.651. The van der Waals surface area contributed by atoms with E-state index in [0.29, 0.717) is 18.1 Å². The molecule has 2 saturated heterocycles. The molecule has 148 valence electrons. The molecule has 6 heteroatoms. The summed E-state index contributed by atoms with van der Waals surface area (Å²) < 4.78 is 11.5. The molecule has 3 aliphatic rings. The number of hydrogen-bond donors (Lipinski definition) is 1. The molecule has 1 saturated carbocycles. The summed E-state index contributed by atoms with van der Waals surface area (Å²) >= 11 is 0. The summed E-state index contributed by atoms with van der Waals surface area (Å²) in [7, 11) is 3.63. The highest BCUT2D eigenvalue weighted by Gasteiger charge is 2.59. The van der Waals surface area contributed by atoms with E-state index in [1.165, 1.54) is 5.69 Å². The number of methoxy groups -OCH3 is 1. The van der Waals surface area contributed by atoms with Crippen LogP contribution in [-0.2, 0) is 4.74 Å². The van der Waals surface area contributed by atoms with Gasteiger partial charge in [0.1, 0.15) is 5.75 Å². The highest BCUT2D eigenvalue weighted by atomic mass is 16.5. The Morgan fingerprint density at radius 1 is 1.22 bits per heavy atom. The van der Waals surface area contributed by atoms with Crippen molar-refractivity contribution in [1.82, 2.24) is 10.2 Å². The van der Waals surface area contributed by atoms with Gasteiger partial charge in [0.05, 0.1) is 18.9 Å². The summed E-state index contributed by atoms with van der Waals surface area (Å²) in [5.41, 5.74) is 1.34. The maximum absolute atomic E-state index is 5.93. The van der Waals surface area contributed by atoms with Crippen molar-refractivity contribution >= 4 is 11.6 Å². The Morgan fingerprint density at radius 2 is 1.96 bits per heavy atom. The van der Waals surface area contributed by atoms with Crippen molar-refractivity contribution in [3.05, 3.63) is 24.3 Å². The Morgan fingerprint density at radius 3 is 2.67 bits per heavy atom. The van der Waals surface area contributed by atoms with Crippen molar-refractivity contribution in [1.29, 1.82) is 0 Å². The zero-order valence-corrected chi connectivity index (χ0v) is 16.9. The number of ether oxygens (including phenoxy) is 2. The number of anilines is 1. The fraction of sp³-hybridized carbons (Fsp3) is 0.667. The average Bonchev–Trinajstić information content (AvgIpc) is 3.16. The number of piperazine rings is 1. The van der Waals surface area contributed by atoms with Crippen LogP contribution in [0.15, 0.2) is 29.3 Å². The van der Waals surface area contributed by atoms with Gasteiger partial charge in [-0.25, -0.2) is 0 Å². The first-order valence-electron chi connectivity index (χ1n) is 10.0. The number of fused-ring (bicyclic) bond motifs is 1. The van der Waals surface area contributed by atoms with Crippen LogP contribution in [0.5, 0.6) is 5.75 Å². The lowest BCUT2D eigenvalue weighted by molar-refractivity contribution is -0.107. The van der Waals surface area contributed by atoms with Gasteiger partial charge in [0, 0.05) is 57.2 Å². The molecule has 0 aromatic heterocycles. The zero-order chi connectivity index (χ0) is 19.0. The maximum atomic E-state index is 5.93. The third kappa shape index (κ3) is 3.14. The molecule has 3 atom stereocenters. The smallest absolute Gasteiger partial charge is 0.194 e. The first-order valence-corrected chi connectivity index (χ1v) is 10.0. The van der Waals surface area contributed by atoms with Crippen LogP contribution in [0.25, 0.3) is 0 Å². The highest BCUT2D eigenvalue weighted by molar-refractivity contribution is 5.81. The molecule has 0 bridgehead atoms. The number of guanidine groups is 1. The van der Waals surface area contributed by atoms with E-state index in [4.69, 9.17) is 9.47 Å². The molecule has 1 aromatic rings. The second-order valence-corrected chi connectivity index (χ2v) is 8.38. The summed E-state index contributed by atoms with van der Waals surface area (Å²) in [5.74, 6) is 2.58. The first kappa shape index (κ1) is 18.4. The lowest BCUT2D eigenvalue weighted by Gasteiger charge is -2.55. The molecule has 0 spiro atoms. The van der Waals surface area contributed by atoms with E-state index in [9.17, 15) is 0 Å². The van der Waals surface area contributed by atoms with Gasteiger partial charge < -0.3 is 24.6 Å². The molecular formula is C21H32N4O2. The SMILES string of the molecule is CN=C(NC1C2CCOC2C1(C)C)N1CCN(c2ccccc2OC)CC1. The highest BCUT2D eigenvalue weighted by Crippen LogP contribution is 2.52. The third-order valence-electron chi connectivity index (χ3n) is 6.60. The number of hydrogen-bond acceptors (Lipinski definition) is 4. The van der Waals surface area contributed by atoms with Crippen LogP contribution in [0.2, 0.25) is 0 Å². The molecule has 2 aliphatic heterocycles. The molecule has 3 fully saturated rings. The number of rotatable bonds is 3. The van der Waals surface area contributed by atoms with Gasteiger partial charge in [-0.3, -0.25) is 4.99 Å². The summed E-state index contributed by atoms with van der Waals surface area (Å²) in [6.45, 7) is 9.35. The van der Waals surface area contributed by atoms with Crippen LogP contribution < -0.4 is 15.0 Å². The van der Waals surface area contributed by atoms with E-state index in [1.54, 1.807) is 7.11 Å². The van der Waals surface area contributed by atoms with E-state index < -0.39 is 0 Å². The lowest BCUT2D eigenvalue weighted by atomic mass is 9.57. The number of aliphatic imine (C=N–C) groups is 1. The van der Waals surface area contributed by atoms with Crippen LogP contribution in [0.3, 0.4) is 0 Å². The van der Waals surface area contributed by atoms with E-state index in [2.05, 4.69) is 46.1 Å². The van der Waals surface area contributed by atoms with E-state index >= 15 is 0 Å². The number of para-hydroxylation sites is 2. The van der Waals surface area contributed by atoms with E-state index in [1.807, 2.05) is 19.2 Å². The normalized spacial score (nSPS) is 29.9. The largest absolute Gasteiger partial charge is 0.495 e. The van der Waals surface area contributed by atoms with Gasteiger partial charge in [0.2, 0.25) is 0 Å². The minimum Gasteiger partial charge on any atom is -0.495 e. The van der Waals surface area contributed by atoms with Crippen LogP contribution in [0, 0.1) is 11.3 Å². The van der Waals surface area contributed by atoms with Crippen molar-refractivity contribution in [3.8, 4) is 5.75 Å². The molecule has 1 aromatic carbocycles. The molecule has 2 heterocycles. The number of benzene rings is 1. The second-order valence-electron chi connectivity index (χ2n) is 8.38. The second kappa shape index (κ2) is 7.23. The van der Waals surface area contributed by atoms with Crippen LogP contribution in [0.1, 0.15) is 20.3 Å². The Balaban J connectivity index is 1.38. The van der Waals surface area contributed by atoms with Crippen molar-refractivity contribution in [2.45, 2.75) is 32.4 Å². The number of nitrogens with zero attached hydrogens (tertiary/aromatic N) is 3. The zero-order valence-electron chi connectivity index (χ0n) is 16.9. The predicted molar refractivity (Wildman–Crippen MR) is 109 cm³/mol. The minimum atomic E-state index is 0.163. The standard InChI is InChI=1S/C21H32N4O2/c1-21(2)18(15-9-14-27-19(15)21)23-20(22-3)25-12-10-24(11-13-25)16-7-5-6-8-17(16)26-4/h5-8,15,18-19H,9-14H2,1-4H3,(H,22,23). The fourth-order valence-corrected chi connectivity index (χ4v) is 5.10. The summed E-state index contributed by atoms with van der Waals surface area (Å²) in [6.07, 6.45) is 1.56. The molecule has 3 unspecified atom stereocenters. The predicted octanol–water partition coefficient (Wildman–Crippen LogP) is 2.21. The van der Waals surface area contributed by atoms with Crippen molar-refractivity contribution in [2.75, 3.05) is 51.8 Å². The van der Waals surface area contributed by atoms with Gasteiger partial charge in [0.25, 0.3) is 0 Å². The molecule has 0 amide bonds. The lowest BCUT2D eigenvalue weighted by Crippen LogP contribution is -2.68. The molecule has 1 N–H and O–H groups in total. The molecule has 6 nitrogen and oxygen atoms in total. The van der Waals surface area contributed by atoms with Crippen molar-refractivity contribution in [2.24, 2.45) is 16.3 Å². The van der Waals surface area contributed by atoms with E-state index in [0.717, 1.165) is 50.9 Å². The van der Waals surface area contributed by atoms with Gasteiger partial charge in [-0.15, -0.1) is 0 Å². The molecule has 4 rings (SSSR count). The Kier molecular flexibility index (Phi) is 4.93.